The van der Waals surface area contributed by atoms with E-state index >= 15 is 0 Å². The van der Waals surface area contributed by atoms with Gasteiger partial charge in [0.25, 0.3) is 0 Å². The molecule has 0 radical (unpaired) electrons. The van der Waals surface area contributed by atoms with Gasteiger partial charge in [0.1, 0.15) is 5.84 Å². The zero-order valence-electron chi connectivity index (χ0n) is 11.0. The average Bonchev–Trinajstić information content (AvgIpc) is 2.33. The Morgan fingerprint density at radius 1 is 1.41 bits per heavy atom. The molecule has 0 amide bonds. The van der Waals surface area contributed by atoms with Crippen molar-refractivity contribution in [1.82, 2.24) is 5.32 Å². The SMILES string of the molecule is CC1CCCC(CCNCCCC(N)=NO)C1. The second kappa shape index (κ2) is 8.34. The van der Waals surface area contributed by atoms with Gasteiger partial charge in [0.2, 0.25) is 0 Å². The fourth-order valence-electron chi connectivity index (χ4n) is 2.70. The molecule has 1 rings (SSSR count). The quantitative estimate of drug-likeness (QED) is 0.211. The molecule has 100 valence electrons. The van der Waals surface area contributed by atoms with Gasteiger partial charge in [0, 0.05) is 6.42 Å². The molecule has 0 aromatic rings. The lowest BCUT2D eigenvalue weighted by molar-refractivity contribution is 0.267. The van der Waals surface area contributed by atoms with E-state index in [1.807, 2.05) is 0 Å². The molecule has 0 aliphatic heterocycles. The van der Waals surface area contributed by atoms with Crippen molar-refractivity contribution in [3.63, 3.8) is 0 Å². The molecule has 1 saturated carbocycles. The molecule has 4 N–H and O–H groups in total. The zero-order chi connectivity index (χ0) is 12.5. The van der Waals surface area contributed by atoms with E-state index in [9.17, 15) is 0 Å². The van der Waals surface area contributed by atoms with Crippen LogP contribution in [0, 0.1) is 11.8 Å². The van der Waals surface area contributed by atoms with Crippen LogP contribution in [0.15, 0.2) is 5.16 Å². The average molecular weight is 241 g/mol. The maximum Gasteiger partial charge on any atom is 0.139 e. The molecule has 4 heteroatoms. The predicted octanol–water partition coefficient (Wildman–Crippen LogP) is 2.32. The van der Waals surface area contributed by atoms with Crippen LogP contribution in [0.2, 0.25) is 0 Å². The third-order valence-corrected chi connectivity index (χ3v) is 3.69. The largest absolute Gasteiger partial charge is 0.409 e. The highest BCUT2D eigenvalue weighted by Crippen LogP contribution is 2.30. The number of amidine groups is 1. The smallest absolute Gasteiger partial charge is 0.139 e. The molecule has 0 bridgehead atoms. The Labute approximate surface area is 105 Å². The highest BCUT2D eigenvalue weighted by molar-refractivity contribution is 5.79. The number of nitrogens with two attached hydrogens (primary N) is 1. The Hall–Kier alpha value is -0.770. The highest BCUT2D eigenvalue weighted by atomic mass is 16.4. The van der Waals surface area contributed by atoms with Gasteiger partial charge in [-0.3, -0.25) is 0 Å². The molecule has 4 nitrogen and oxygen atoms in total. The summed E-state index contributed by atoms with van der Waals surface area (Å²) in [6.45, 7) is 4.43. The van der Waals surface area contributed by atoms with Crippen LogP contribution in [0.1, 0.15) is 51.9 Å². The first kappa shape index (κ1) is 14.3. The summed E-state index contributed by atoms with van der Waals surface area (Å²) in [6, 6.07) is 0. The van der Waals surface area contributed by atoms with Crippen LogP contribution < -0.4 is 11.1 Å². The van der Waals surface area contributed by atoms with E-state index in [1.165, 1.54) is 32.1 Å². The highest BCUT2D eigenvalue weighted by Gasteiger charge is 2.17. The number of rotatable bonds is 7. The number of hydrogen-bond acceptors (Lipinski definition) is 3. The van der Waals surface area contributed by atoms with Gasteiger partial charge in [-0.1, -0.05) is 31.3 Å². The minimum absolute atomic E-state index is 0.327. The fourth-order valence-corrected chi connectivity index (χ4v) is 2.70. The monoisotopic (exact) mass is 241 g/mol. The zero-order valence-corrected chi connectivity index (χ0v) is 11.0. The van der Waals surface area contributed by atoms with Crippen molar-refractivity contribution in [3.8, 4) is 0 Å². The summed E-state index contributed by atoms with van der Waals surface area (Å²) in [5, 5.41) is 14.8. The molecule has 1 aliphatic rings. The van der Waals surface area contributed by atoms with Gasteiger partial charge in [0.05, 0.1) is 0 Å². The lowest BCUT2D eigenvalue weighted by Gasteiger charge is -2.26. The maximum atomic E-state index is 8.38. The molecule has 17 heavy (non-hydrogen) atoms. The van der Waals surface area contributed by atoms with Crippen molar-refractivity contribution in [1.29, 1.82) is 0 Å². The third-order valence-electron chi connectivity index (χ3n) is 3.69. The summed E-state index contributed by atoms with van der Waals surface area (Å²) in [5.74, 6) is 2.18. The van der Waals surface area contributed by atoms with Crippen molar-refractivity contribution in [2.24, 2.45) is 22.7 Å². The molecule has 2 atom stereocenters. The van der Waals surface area contributed by atoms with Crippen LogP contribution in [0.5, 0.6) is 0 Å². The van der Waals surface area contributed by atoms with E-state index in [0.717, 1.165) is 31.3 Å². The Bertz CT molecular complexity index is 231. The Balaban J connectivity index is 1.93. The molecular weight excluding hydrogens is 214 g/mol. The number of oxime groups is 1. The molecule has 0 aromatic carbocycles. The molecule has 0 heterocycles. The van der Waals surface area contributed by atoms with Gasteiger partial charge in [-0.2, -0.15) is 0 Å². The molecule has 2 unspecified atom stereocenters. The van der Waals surface area contributed by atoms with Crippen LogP contribution in [-0.2, 0) is 0 Å². The second-order valence-corrected chi connectivity index (χ2v) is 5.37. The van der Waals surface area contributed by atoms with Crippen molar-refractivity contribution >= 4 is 5.84 Å². The lowest BCUT2D eigenvalue weighted by atomic mass is 9.81. The summed E-state index contributed by atoms with van der Waals surface area (Å²) >= 11 is 0. The standard InChI is InChI=1S/C13H27N3O/c1-11-4-2-5-12(10-11)7-9-15-8-3-6-13(14)16-17/h11-12,15,17H,2-10H2,1H3,(H2,14,16). The van der Waals surface area contributed by atoms with Gasteiger partial charge < -0.3 is 16.3 Å². The summed E-state index contributed by atoms with van der Waals surface area (Å²) < 4.78 is 0. The van der Waals surface area contributed by atoms with Crippen LogP contribution in [0.4, 0.5) is 0 Å². The van der Waals surface area contributed by atoms with E-state index in [4.69, 9.17) is 10.9 Å². The minimum atomic E-state index is 0.327. The lowest BCUT2D eigenvalue weighted by Crippen LogP contribution is -2.23. The first-order chi connectivity index (χ1) is 8.22. The number of nitrogens with zero attached hydrogens (tertiary/aromatic N) is 1. The molecule has 0 saturated heterocycles. The van der Waals surface area contributed by atoms with Crippen LogP contribution >= 0.6 is 0 Å². The third kappa shape index (κ3) is 6.51. The van der Waals surface area contributed by atoms with Crippen molar-refractivity contribution in [2.75, 3.05) is 13.1 Å². The molecular formula is C13H27N3O. The van der Waals surface area contributed by atoms with Crippen LogP contribution in [-0.4, -0.2) is 24.1 Å². The summed E-state index contributed by atoms with van der Waals surface area (Å²) in [4.78, 5) is 0. The maximum absolute atomic E-state index is 8.38. The molecule has 1 aliphatic carbocycles. The van der Waals surface area contributed by atoms with E-state index in [0.29, 0.717) is 12.3 Å². The first-order valence-corrected chi connectivity index (χ1v) is 6.89. The van der Waals surface area contributed by atoms with Crippen molar-refractivity contribution in [3.05, 3.63) is 0 Å². The summed E-state index contributed by atoms with van der Waals surface area (Å²) in [5.41, 5.74) is 5.39. The summed E-state index contributed by atoms with van der Waals surface area (Å²) in [6.07, 6.45) is 8.57. The topological polar surface area (TPSA) is 70.6 Å². The van der Waals surface area contributed by atoms with E-state index in [-0.39, 0.29) is 0 Å². The predicted molar refractivity (Wildman–Crippen MR) is 71.3 cm³/mol. The number of hydrogen-bond donors (Lipinski definition) is 3. The van der Waals surface area contributed by atoms with Gasteiger partial charge in [-0.15, -0.1) is 0 Å². The van der Waals surface area contributed by atoms with Crippen LogP contribution in [0.3, 0.4) is 0 Å². The van der Waals surface area contributed by atoms with Gasteiger partial charge in [0.15, 0.2) is 0 Å². The van der Waals surface area contributed by atoms with E-state index in [2.05, 4.69) is 17.4 Å². The Kier molecular flexibility index (Phi) is 7.01. The minimum Gasteiger partial charge on any atom is -0.409 e. The van der Waals surface area contributed by atoms with Crippen molar-refractivity contribution < 1.29 is 5.21 Å². The van der Waals surface area contributed by atoms with Crippen molar-refractivity contribution in [2.45, 2.75) is 51.9 Å². The fraction of sp³-hybridized carbons (Fsp3) is 0.923. The summed E-state index contributed by atoms with van der Waals surface area (Å²) in [7, 11) is 0. The van der Waals surface area contributed by atoms with Gasteiger partial charge in [-0.25, -0.2) is 0 Å². The van der Waals surface area contributed by atoms with Crippen LogP contribution in [0.25, 0.3) is 0 Å². The second-order valence-electron chi connectivity index (χ2n) is 5.37. The van der Waals surface area contributed by atoms with Gasteiger partial charge in [-0.05, 0) is 44.2 Å². The molecule has 0 spiro atoms. The Morgan fingerprint density at radius 2 is 2.24 bits per heavy atom. The number of nitrogens with one attached hydrogen (secondary N) is 1. The van der Waals surface area contributed by atoms with E-state index in [1.54, 1.807) is 0 Å². The van der Waals surface area contributed by atoms with Gasteiger partial charge >= 0.3 is 0 Å². The normalized spacial score (nSPS) is 26.1. The first-order valence-electron chi connectivity index (χ1n) is 6.89. The Morgan fingerprint density at radius 3 is 2.94 bits per heavy atom. The molecule has 1 fully saturated rings. The molecule has 0 aromatic heterocycles. The van der Waals surface area contributed by atoms with E-state index < -0.39 is 0 Å².